The number of benzene rings is 6. The van der Waals surface area contributed by atoms with Gasteiger partial charge in [-0.2, -0.15) is 0 Å². The maximum Gasteiger partial charge on any atom is 0.227 e. The molecule has 0 spiro atoms. The number of furan rings is 1. The van der Waals surface area contributed by atoms with Crippen molar-refractivity contribution < 1.29 is 4.42 Å². The van der Waals surface area contributed by atoms with Crippen molar-refractivity contribution in [1.82, 2.24) is 15.0 Å². The Morgan fingerprint density at radius 1 is 0.400 bits per heavy atom. The second-order valence-corrected chi connectivity index (χ2v) is 11.6. The Balaban J connectivity index is 1.19. The molecule has 10 aromatic rings. The summed E-state index contributed by atoms with van der Waals surface area (Å²) in [6.07, 6.45) is 1.86. The first kappa shape index (κ1) is 24.3. The van der Waals surface area contributed by atoms with Crippen molar-refractivity contribution in [3.8, 4) is 22.5 Å². The zero-order valence-electron chi connectivity index (χ0n) is 24.0. The second-order valence-electron chi connectivity index (χ2n) is 11.6. The fraction of sp³-hybridized carbons (Fsp3) is 0. The van der Waals surface area contributed by atoms with Gasteiger partial charge in [-0.3, -0.25) is 0 Å². The van der Waals surface area contributed by atoms with Crippen molar-refractivity contribution in [3.05, 3.63) is 140 Å². The van der Waals surface area contributed by atoms with Crippen LogP contribution in [0.15, 0.2) is 144 Å². The van der Waals surface area contributed by atoms with Crippen LogP contribution in [0.25, 0.3) is 98.7 Å². The lowest BCUT2D eigenvalue weighted by Gasteiger charge is -2.10. The average molecular weight is 574 g/mol. The van der Waals surface area contributed by atoms with E-state index in [0.29, 0.717) is 5.71 Å². The molecule has 4 nitrogen and oxygen atoms in total. The Morgan fingerprint density at radius 2 is 0.933 bits per heavy atom. The summed E-state index contributed by atoms with van der Waals surface area (Å²) >= 11 is 0. The Labute approximate surface area is 257 Å². The first-order valence-corrected chi connectivity index (χ1v) is 15.1. The van der Waals surface area contributed by atoms with Crippen LogP contribution < -0.4 is 0 Å². The second kappa shape index (κ2) is 9.18. The summed E-state index contributed by atoms with van der Waals surface area (Å²) in [6, 6.07) is 46.7. The molecule has 4 heteroatoms. The molecule has 4 heterocycles. The van der Waals surface area contributed by atoms with E-state index in [1.165, 1.54) is 32.3 Å². The molecule has 0 saturated heterocycles. The fourth-order valence-corrected chi connectivity index (χ4v) is 6.90. The zero-order chi connectivity index (χ0) is 29.5. The van der Waals surface area contributed by atoms with Gasteiger partial charge < -0.3 is 4.42 Å². The van der Waals surface area contributed by atoms with E-state index in [9.17, 15) is 0 Å². The molecule has 0 aliphatic rings. The van der Waals surface area contributed by atoms with E-state index in [2.05, 4.69) is 115 Å². The monoisotopic (exact) mass is 573 g/mol. The van der Waals surface area contributed by atoms with Gasteiger partial charge in [0.1, 0.15) is 5.58 Å². The summed E-state index contributed by atoms with van der Waals surface area (Å²) in [4.78, 5) is 15.0. The molecule has 0 fully saturated rings. The van der Waals surface area contributed by atoms with Gasteiger partial charge in [-0.15, -0.1) is 0 Å². The van der Waals surface area contributed by atoms with Crippen LogP contribution in [0.3, 0.4) is 0 Å². The zero-order valence-corrected chi connectivity index (χ0v) is 24.0. The van der Waals surface area contributed by atoms with Gasteiger partial charge >= 0.3 is 0 Å². The lowest BCUT2D eigenvalue weighted by atomic mass is 9.93. The molecule has 0 aliphatic heterocycles. The van der Waals surface area contributed by atoms with E-state index >= 15 is 0 Å². The van der Waals surface area contributed by atoms with Crippen molar-refractivity contribution in [2.45, 2.75) is 0 Å². The molecule has 6 aromatic carbocycles. The van der Waals surface area contributed by atoms with E-state index in [1.807, 2.05) is 24.4 Å². The van der Waals surface area contributed by atoms with Gasteiger partial charge in [0.25, 0.3) is 0 Å². The molecule has 0 N–H and O–H groups in total. The average Bonchev–Trinajstić information content (AvgIpc) is 3.47. The maximum atomic E-state index is 6.35. The highest BCUT2D eigenvalue weighted by Gasteiger charge is 2.16. The summed E-state index contributed by atoms with van der Waals surface area (Å²) in [6.45, 7) is 0. The maximum absolute atomic E-state index is 6.35. The first-order valence-electron chi connectivity index (χ1n) is 15.1. The number of rotatable bonds is 2. The van der Waals surface area contributed by atoms with Gasteiger partial charge in [0.05, 0.1) is 22.4 Å². The number of aromatic nitrogens is 3. The van der Waals surface area contributed by atoms with Gasteiger partial charge in [-0.1, -0.05) is 103 Å². The van der Waals surface area contributed by atoms with E-state index in [1.54, 1.807) is 0 Å². The number of hydrogen-bond donors (Lipinski definition) is 0. The van der Waals surface area contributed by atoms with Gasteiger partial charge in [-0.25, -0.2) is 15.0 Å². The van der Waals surface area contributed by atoms with E-state index in [4.69, 9.17) is 19.4 Å². The van der Waals surface area contributed by atoms with Crippen LogP contribution in [0.4, 0.5) is 0 Å². The molecule has 4 aromatic heterocycles. The molecule has 0 saturated carbocycles. The van der Waals surface area contributed by atoms with Crippen LogP contribution in [-0.4, -0.2) is 15.0 Å². The topological polar surface area (TPSA) is 51.8 Å². The van der Waals surface area contributed by atoms with Crippen LogP contribution in [0.1, 0.15) is 0 Å². The number of pyridine rings is 3. The first-order chi connectivity index (χ1) is 22.3. The summed E-state index contributed by atoms with van der Waals surface area (Å²) < 4.78 is 6.35. The Kier molecular flexibility index (Phi) is 4.96. The molecular formula is C41H23N3O. The third kappa shape index (κ3) is 3.63. The molecule has 0 aliphatic carbocycles. The van der Waals surface area contributed by atoms with E-state index < -0.39 is 0 Å². The molecule has 0 atom stereocenters. The third-order valence-corrected chi connectivity index (χ3v) is 9.08. The highest BCUT2D eigenvalue weighted by Crippen LogP contribution is 2.40. The van der Waals surface area contributed by atoms with Crippen molar-refractivity contribution in [2.24, 2.45) is 0 Å². The third-order valence-electron chi connectivity index (χ3n) is 9.08. The Morgan fingerprint density at radius 3 is 1.58 bits per heavy atom. The van der Waals surface area contributed by atoms with Crippen molar-refractivity contribution >= 4 is 76.2 Å². The van der Waals surface area contributed by atoms with Gasteiger partial charge in [-0.05, 0) is 62.6 Å². The largest absolute Gasteiger partial charge is 0.438 e. The Hall–Kier alpha value is -6.13. The highest BCUT2D eigenvalue weighted by atomic mass is 16.3. The van der Waals surface area contributed by atoms with Gasteiger partial charge in [0, 0.05) is 38.9 Å². The van der Waals surface area contributed by atoms with E-state index in [0.717, 1.165) is 60.7 Å². The molecule has 208 valence electrons. The summed E-state index contributed by atoms with van der Waals surface area (Å²) in [5.74, 6) is 0. The minimum atomic E-state index is 0.623. The predicted molar refractivity (Wildman–Crippen MR) is 186 cm³/mol. The lowest BCUT2D eigenvalue weighted by molar-refractivity contribution is 0.654. The van der Waals surface area contributed by atoms with Crippen LogP contribution in [0.5, 0.6) is 0 Å². The van der Waals surface area contributed by atoms with Crippen LogP contribution in [0.2, 0.25) is 0 Å². The summed E-state index contributed by atoms with van der Waals surface area (Å²) in [7, 11) is 0. The molecule has 10 rings (SSSR count). The fourth-order valence-electron chi connectivity index (χ4n) is 6.90. The standard InChI is InChI=1S/C41H23N3O/c1-2-8-24(9-3-1)36-18-16-25-14-15-26-17-19-37(44-40(26)39(25)43-36)27-20-35-34-21-32-30-12-6-4-10-28(30)29-11-5-7-13-31(29)33(32)22-38(34)45-41(35)42-23-27/h1-23H. The number of nitrogens with zero attached hydrogens (tertiary/aromatic N) is 3. The Bertz CT molecular complexity index is 2820. The minimum absolute atomic E-state index is 0.623. The van der Waals surface area contributed by atoms with Crippen molar-refractivity contribution in [3.63, 3.8) is 0 Å². The van der Waals surface area contributed by atoms with Crippen LogP contribution in [0, 0.1) is 0 Å². The van der Waals surface area contributed by atoms with Crippen LogP contribution in [-0.2, 0) is 0 Å². The summed E-state index contributed by atoms with van der Waals surface area (Å²) in [5, 5.41) is 11.5. The minimum Gasteiger partial charge on any atom is -0.438 e. The van der Waals surface area contributed by atoms with Crippen molar-refractivity contribution in [2.75, 3.05) is 0 Å². The summed E-state index contributed by atoms with van der Waals surface area (Å²) in [5.41, 5.74) is 7.03. The predicted octanol–water partition coefficient (Wildman–Crippen LogP) is 10.9. The SMILES string of the molecule is c1ccc(-c2ccc3ccc4ccc(-c5cnc6oc7cc8c9ccccc9c9ccccc9c8cc7c6c5)nc4c3n2)cc1. The quantitative estimate of drug-likeness (QED) is 0.193. The number of fused-ring (bicyclic) bond motifs is 12. The molecule has 0 unspecified atom stereocenters. The molecule has 0 amide bonds. The number of hydrogen-bond acceptors (Lipinski definition) is 4. The molecule has 45 heavy (non-hydrogen) atoms. The molecular weight excluding hydrogens is 550 g/mol. The molecule has 0 bridgehead atoms. The van der Waals surface area contributed by atoms with Crippen molar-refractivity contribution in [1.29, 1.82) is 0 Å². The van der Waals surface area contributed by atoms with Gasteiger partial charge in [0.2, 0.25) is 5.71 Å². The van der Waals surface area contributed by atoms with E-state index in [-0.39, 0.29) is 0 Å². The van der Waals surface area contributed by atoms with Gasteiger partial charge in [0.15, 0.2) is 0 Å². The normalized spacial score (nSPS) is 12.0. The smallest absolute Gasteiger partial charge is 0.227 e. The molecule has 0 radical (unpaired) electrons. The highest BCUT2D eigenvalue weighted by molar-refractivity contribution is 6.28. The van der Waals surface area contributed by atoms with Crippen LogP contribution >= 0.6 is 0 Å². The lowest BCUT2D eigenvalue weighted by Crippen LogP contribution is -1.91.